The highest BCUT2D eigenvalue weighted by atomic mass is 28.3. The largest absolute Gasteiger partial charge is 0.323 e. The molecule has 0 aromatic carbocycles. The first-order chi connectivity index (χ1) is 1.91. The van der Waals surface area contributed by atoms with E-state index in [2.05, 4.69) is 0 Å². The lowest BCUT2D eigenvalue weighted by Gasteiger charge is -1.62. The minimum Gasteiger partial charge on any atom is -0.323 e. The molecule has 0 amide bonds. The second-order valence-corrected chi connectivity index (χ2v) is 2.07. The predicted octanol–water partition coefficient (Wildman–Crippen LogP) is 0.478. The maximum Gasteiger partial charge on any atom is 0.216 e. The van der Waals surface area contributed by atoms with Gasteiger partial charge < -0.3 is 4.11 Å². The van der Waals surface area contributed by atoms with E-state index in [1.165, 1.54) is 0 Å². The van der Waals surface area contributed by atoms with Crippen molar-refractivity contribution >= 4 is 9.85 Å². The molecule has 0 radical (unpaired) electrons. The van der Waals surface area contributed by atoms with Crippen molar-refractivity contribution in [2.45, 2.75) is 13.0 Å². The van der Waals surface area contributed by atoms with Crippen LogP contribution in [0.2, 0.25) is 6.04 Å². The molecule has 0 nitrogen and oxygen atoms in total. The SMILES string of the molecule is CC[SiH2]F. The van der Waals surface area contributed by atoms with E-state index in [1.807, 2.05) is 6.92 Å². The van der Waals surface area contributed by atoms with Crippen molar-refractivity contribution in [1.29, 1.82) is 0 Å². The van der Waals surface area contributed by atoms with Crippen LogP contribution >= 0.6 is 0 Å². The van der Waals surface area contributed by atoms with Gasteiger partial charge in [0.15, 0.2) is 0 Å². The molecular formula is C2H7FSi. The number of hydrogen-bond donors (Lipinski definition) is 0. The van der Waals surface area contributed by atoms with Gasteiger partial charge in [0.2, 0.25) is 9.85 Å². The molecule has 0 aromatic rings. The lowest BCUT2D eigenvalue weighted by atomic mass is 11.0. The summed E-state index contributed by atoms with van der Waals surface area (Å²) in [5.74, 6) is 0. The molecule has 26 valence electrons. The van der Waals surface area contributed by atoms with Gasteiger partial charge in [-0.25, -0.2) is 0 Å². The van der Waals surface area contributed by atoms with Crippen LogP contribution in [-0.2, 0) is 0 Å². The molecule has 0 aliphatic rings. The van der Waals surface area contributed by atoms with Gasteiger partial charge in [-0.2, -0.15) is 0 Å². The zero-order valence-corrected chi connectivity index (χ0v) is 4.21. The molecule has 0 saturated heterocycles. The Bertz CT molecular complexity index is 8.00. The van der Waals surface area contributed by atoms with Crippen molar-refractivity contribution in [3.63, 3.8) is 0 Å². The summed E-state index contributed by atoms with van der Waals surface area (Å²) >= 11 is 0. The standard InChI is InChI=1S/C2H7FSi/c1-2-4-3/h2,4H2,1H3. The van der Waals surface area contributed by atoms with Crippen LogP contribution in [0.4, 0.5) is 4.11 Å². The minimum atomic E-state index is -1.08. The van der Waals surface area contributed by atoms with E-state index in [-0.39, 0.29) is 0 Å². The van der Waals surface area contributed by atoms with Crippen molar-refractivity contribution < 1.29 is 4.11 Å². The summed E-state index contributed by atoms with van der Waals surface area (Å²) in [6.07, 6.45) is 0. The maximum atomic E-state index is 10.9. The quantitative estimate of drug-likeness (QED) is 0.316. The molecule has 0 N–H and O–H groups in total. The minimum absolute atomic E-state index is 0.792. The van der Waals surface area contributed by atoms with Crippen LogP contribution in [0.15, 0.2) is 0 Å². The van der Waals surface area contributed by atoms with Crippen LogP contribution in [0.25, 0.3) is 0 Å². The fraction of sp³-hybridized carbons (Fsp3) is 1.00. The lowest BCUT2D eigenvalue weighted by Crippen LogP contribution is -1.64. The molecule has 0 bridgehead atoms. The zero-order valence-electron chi connectivity index (χ0n) is 2.79. The average molecular weight is 78.2 g/mol. The van der Waals surface area contributed by atoms with Crippen molar-refractivity contribution in [2.75, 3.05) is 0 Å². The first-order valence-corrected chi connectivity index (χ1v) is 3.01. The first-order valence-electron chi connectivity index (χ1n) is 1.47. The third-order valence-corrected chi connectivity index (χ3v) is 0.567. The van der Waals surface area contributed by atoms with Crippen molar-refractivity contribution in [2.24, 2.45) is 0 Å². The molecule has 0 saturated carbocycles. The van der Waals surface area contributed by atoms with E-state index in [4.69, 9.17) is 0 Å². The summed E-state index contributed by atoms with van der Waals surface area (Å²) in [6, 6.07) is 0.792. The predicted molar refractivity (Wildman–Crippen MR) is 20.1 cm³/mol. The Kier molecular flexibility index (Phi) is 3.26. The van der Waals surface area contributed by atoms with E-state index >= 15 is 0 Å². The highest BCUT2D eigenvalue weighted by Gasteiger charge is 1.64. The molecule has 0 atom stereocenters. The highest BCUT2D eigenvalue weighted by Crippen LogP contribution is 1.67. The van der Waals surface area contributed by atoms with E-state index < -0.39 is 9.85 Å². The second-order valence-electron chi connectivity index (χ2n) is 0.689. The molecule has 0 aliphatic carbocycles. The lowest BCUT2D eigenvalue weighted by molar-refractivity contribution is 0.863. The molecule has 0 unspecified atom stereocenters. The van der Waals surface area contributed by atoms with Crippen molar-refractivity contribution in [1.82, 2.24) is 0 Å². The Morgan fingerprint density at radius 1 is 2.00 bits per heavy atom. The smallest absolute Gasteiger partial charge is 0.216 e. The first kappa shape index (κ1) is 4.15. The summed E-state index contributed by atoms with van der Waals surface area (Å²) in [4.78, 5) is 0. The second kappa shape index (κ2) is 3.15. The molecule has 0 rings (SSSR count). The van der Waals surface area contributed by atoms with E-state index in [0.717, 1.165) is 6.04 Å². The van der Waals surface area contributed by atoms with Gasteiger partial charge in [-0.3, -0.25) is 0 Å². The van der Waals surface area contributed by atoms with E-state index in [1.54, 1.807) is 0 Å². The summed E-state index contributed by atoms with van der Waals surface area (Å²) in [6.45, 7) is 1.87. The van der Waals surface area contributed by atoms with E-state index in [9.17, 15) is 4.11 Å². The third kappa shape index (κ3) is 2.15. The van der Waals surface area contributed by atoms with Crippen LogP contribution in [0, 0.1) is 0 Å². The van der Waals surface area contributed by atoms with Gasteiger partial charge in [0.1, 0.15) is 0 Å². The highest BCUT2D eigenvalue weighted by molar-refractivity contribution is 6.25. The van der Waals surface area contributed by atoms with Gasteiger partial charge in [0.05, 0.1) is 0 Å². The molecule has 0 heterocycles. The molecular weight excluding hydrogens is 71.1 g/mol. The topological polar surface area (TPSA) is 0 Å². The van der Waals surface area contributed by atoms with Gasteiger partial charge in [0.25, 0.3) is 0 Å². The molecule has 0 aliphatic heterocycles. The monoisotopic (exact) mass is 78.0 g/mol. The van der Waals surface area contributed by atoms with Gasteiger partial charge in [-0.15, -0.1) is 0 Å². The van der Waals surface area contributed by atoms with Gasteiger partial charge in [-0.05, 0) is 6.04 Å². The van der Waals surface area contributed by atoms with Crippen LogP contribution < -0.4 is 0 Å². The molecule has 0 spiro atoms. The summed E-state index contributed by atoms with van der Waals surface area (Å²) in [7, 11) is -1.08. The van der Waals surface area contributed by atoms with Crippen LogP contribution in [0.5, 0.6) is 0 Å². The van der Waals surface area contributed by atoms with E-state index in [0.29, 0.717) is 0 Å². The van der Waals surface area contributed by atoms with Gasteiger partial charge in [-0.1, -0.05) is 6.92 Å². The number of rotatable bonds is 1. The summed E-state index contributed by atoms with van der Waals surface area (Å²) in [5, 5.41) is 0. The fourth-order valence-electron chi connectivity index (χ4n) is 0. The summed E-state index contributed by atoms with van der Waals surface area (Å²) < 4.78 is 10.9. The Balaban J connectivity index is 1.97. The molecule has 2 heteroatoms. The van der Waals surface area contributed by atoms with Gasteiger partial charge >= 0.3 is 0 Å². The normalized spacial score (nSPS) is 10.5. The molecule has 0 fully saturated rings. The van der Waals surface area contributed by atoms with Crippen LogP contribution in [0.3, 0.4) is 0 Å². The number of hydrogen-bond acceptors (Lipinski definition) is 0. The Labute approximate surface area is 28.0 Å². The van der Waals surface area contributed by atoms with Crippen molar-refractivity contribution in [3.05, 3.63) is 0 Å². The molecule has 4 heavy (non-hydrogen) atoms. The van der Waals surface area contributed by atoms with Crippen molar-refractivity contribution in [3.8, 4) is 0 Å². The maximum absolute atomic E-state index is 10.9. The fourth-order valence-corrected chi connectivity index (χ4v) is 0. The van der Waals surface area contributed by atoms with Crippen LogP contribution in [-0.4, -0.2) is 9.85 Å². The average Bonchev–Trinajstić information content (AvgIpc) is 1.37. The Hall–Kier alpha value is 0.147. The van der Waals surface area contributed by atoms with Gasteiger partial charge in [0, 0.05) is 0 Å². The number of halogens is 1. The third-order valence-electron chi connectivity index (χ3n) is 0.189. The summed E-state index contributed by atoms with van der Waals surface area (Å²) in [5.41, 5.74) is 0. The molecule has 0 aromatic heterocycles. The Morgan fingerprint density at radius 3 is 2.25 bits per heavy atom. The Morgan fingerprint density at radius 2 is 2.25 bits per heavy atom. The zero-order chi connectivity index (χ0) is 3.41. The van der Waals surface area contributed by atoms with Crippen LogP contribution in [0.1, 0.15) is 6.92 Å².